The lowest BCUT2D eigenvalue weighted by molar-refractivity contribution is -0.118. The molecule has 1 fully saturated rings. The Hall–Kier alpha value is -2.82. The SMILES string of the molecule is CC(CCC(N)=O)n1ncc2cc(N3CCB(C#N)C[C@@H]3C)ccc2c1=O. The maximum atomic E-state index is 12.8. The van der Waals surface area contributed by atoms with Gasteiger partial charge in [-0.15, -0.1) is 0 Å². The number of primary amides is 1. The molecule has 1 aromatic heterocycles. The van der Waals surface area contributed by atoms with Gasteiger partial charge < -0.3 is 10.6 Å². The monoisotopic (exact) mass is 365 g/mol. The molecule has 0 radical (unpaired) electrons. The largest absolute Gasteiger partial charge is 0.370 e. The number of carbonyl (C=O) groups excluding carboxylic acids is 1. The molecule has 0 saturated carbocycles. The van der Waals surface area contributed by atoms with Crippen molar-refractivity contribution in [2.24, 2.45) is 5.73 Å². The molecule has 8 heteroatoms. The zero-order valence-corrected chi connectivity index (χ0v) is 15.8. The first-order valence-corrected chi connectivity index (χ1v) is 9.37. The zero-order chi connectivity index (χ0) is 19.6. The Kier molecular flexibility index (Phi) is 5.50. The summed E-state index contributed by atoms with van der Waals surface area (Å²) in [6.45, 7) is 4.94. The second-order valence-electron chi connectivity index (χ2n) is 7.41. The first-order valence-electron chi connectivity index (χ1n) is 9.37. The van der Waals surface area contributed by atoms with Crippen LogP contribution in [0.25, 0.3) is 10.8 Å². The number of benzene rings is 1. The van der Waals surface area contributed by atoms with Crippen LogP contribution in [0.15, 0.2) is 29.2 Å². The average Bonchev–Trinajstić information content (AvgIpc) is 2.66. The van der Waals surface area contributed by atoms with E-state index in [1.54, 1.807) is 6.20 Å². The summed E-state index contributed by atoms with van der Waals surface area (Å²) in [5.41, 5.74) is 6.08. The minimum absolute atomic E-state index is 0.118. The van der Waals surface area contributed by atoms with Crippen molar-refractivity contribution in [1.82, 2.24) is 9.78 Å². The Morgan fingerprint density at radius 3 is 2.96 bits per heavy atom. The third-order valence-corrected chi connectivity index (χ3v) is 5.41. The van der Waals surface area contributed by atoms with Gasteiger partial charge >= 0.3 is 0 Å². The first-order chi connectivity index (χ1) is 12.9. The predicted molar refractivity (Wildman–Crippen MR) is 107 cm³/mol. The van der Waals surface area contributed by atoms with Gasteiger partial charge in [0, 0.05) is 36.0 Å². The molecule has 2 N–H and O–H groups in total. The van der Waals surface area contributed by atoms with Crippen LogP contribution in [0.5, 0.6) is 0 Å². The number of rotatable bonds is 5. The van der Waals surface area contributed by atoms with Crippen molar-refractivity contribution < 1.29 is 4.79 Å². The van der Waals surface area contributed by atoms with Crippen molar-refractivity contribution in [2.45, 2.75) is 51.4 Å². The third-order valence-electron chi connectivity index (χ3n) is 5.41. The molecule has 0 bridgehead atoms. The molecule has 1 aromatic carbocycles. The molecule has 140 valence electrons. The quantitative estimate of drug-likeness (QED) is 0.816. The van der Waals surface area contributed by atoms with Crippen LogP contribution in [0.4, 0.5) is 5.69 Å². The van der Waals surface area contributed by atoms with E-state index in [9.17, 15) is 9.59 Å². The molecule has 1 aliphatic heterocycles. The van der Waals surface area contributed by atoms with Crippen LogP contribution in [0.1, 0.15) is 32.7 Å². The highest BCUT2D eigenvalue weighted by molar-refractivity contribution is 6.67. The number of nitriles is 1. The fourth-order valence-electron chi connectivity index (χ4n) is 3.79. The van der Waals surface area contributed by atoms with E-state index in [0.717, 1.165) is 30.3 Å². The molecule has 3 rings (SSSR count). The topological polar surface area (TPSA) is 105 Å². The highest BCUT2D eigenvalue weighted by atomic mass is 16.1. The minimum atomic E-state index is -0.380. The number of carbonyl (C=O) groups is 1. The van der Waals surface area contributed by atoms with Gasteiger partial charge in [-0.05, 0) is 51.1 Å². The van der Waals surface area contributed by atoms with Crippen LogP contribution in [0.3, 0.4) is 0 Å². The maximum Gasteiger partial charge on any atom is 0.274 e. The number of aromatic nitrogens is 2. The van der Waals surface area contributed by atoms with Gasteiger partial charge in [0.15, 0.2) is 0 Å². The standard InChI is InChI=1S/C19H24BN5O2/c1-13(3-6-18(22)26)25-19(27)17-5-4-16(9-15(17)11-23-25)24-8-7-20(12-21)10-14(24)2/h4-5,9,11,13-14H,3,6-8,10H2,1-2H3,(H2,22,26)/t13?,14-/m0/s1. The van der Waals surface area contributed by atoms with Crippen LogP contribution in [-0.4, -0.2) is 35.0 Å². The highest BCUT2D eigenvalue weighted by Crippen LogP contribution is 2.27. The van der Waals surface area contributed by atoms with E-state index in [-0.39, 0.29) is 36.7 Å². The Labute approximate surface area is 158 Å². The molecule has 0 spiro atoms. The number of fused-ring (bicyclic) bond motifs is 1. The molecule has 7 nitrogen and oxygen atoms in total. The fourth-order valence-corrected chi connectivity index (χ4v) is 3.79. The van der Waals surface area contributed by atoms with Crippen molar-refractivity contribution in [3.8, 4) is 5.97 Å². The van der Waals surface area contributed by atoms with Gasteiger partial charge in [-0.1, -0.05) is 0 Å². The summed E-state index contributed by atoms with van der Waals surface area (Å²) < 4.78 is 1.42. The smallest absolute Gasteiger partial charge is 0.274 e. The summed E-state index contributed by atoms with van der Waals surface area (Å²) in [7, 11) is 0. The Morgan fingerprint density at radius 2 is 2.30 bits per heavy atom. The number of hydrogen-bond acceptors (Lipinski definition) is 5. The van der Waals surface area contributed by atoms with E-state index in [2.05, 4.69) is 22.9 Å². The van der Waals surface area contributed by atoms with E-state index >= 15 is 0 Å². The Balaban J connectivity index is 1.87. The zero-order valence-electron chi connectivity index (χ0n) is 15.8. The number of anilines is 1. The van der Waals surface area contributed by atoms with Crippen molar-refractivity contribution in [3.05, 3.63) is 34.7 Å². The van der Waals surface area contributed by atoms with Crippen molar-refractivity contribution in [1.29, 1.82) is 5.26 Å². The maximum absolute atomic E-state index is 12.8. The molecule has 1 aliphatic rings. The third kappa shape index (κ3) is 3.97. The van der Waals surface area contributed by atoms with Crippen LogP contribution in [-0.2, 0) is 4.79 Å². The number of nitrogens with zero attached hydrogens (tertiary/aromatic N) is 4. The summed E-state index contributed by atoms with van der Waals surface area (Å²) in [6.07, 6.45) is 4.12. The highest BCUT2D eigenvalue weighted by Gasteiger charge is 2.28. The van der Waals surface area contributed by atoms with Crippen LogP contribution >= 0.6 is 0 Å². The van der Waals surface area contributed by atoms with E-state index in [1.165, 1.54) is 4.68 Å². The Bertz CT molecular complexity index is 951. The van der Waals surface area contributed by atoms with Gasteiger partial charge in [-0.3, -0.25) is 9.59 Å². The molecule has 0 aliphatic carbocycles. The van der Waals surface area contributed by atoms with Gasteiger partial charge in [-0.25, -0.2) is 9.94 Å². The van der Waals surface area contributed by atoms with E-state index in [1.807, 2.05) is 25.1 Å². The minimum Gasteiger partial charge on any atom is -0.370 e. The molecule has 2 atom stereocenters. The van der Waals surface area contributed by atoms with E-state index in [4.69, 9.17) is 11.0 Å². The lowest BCUT2D eigenvalue weighted by atomic mass is 9.43. The van der Waals surface area contributed by atoms with Gasteiger partial charge in [0.1, 0.15) is 0 Å². The number of nitrogens with two attached hydrogens (primary N) is 1. The number of amides is 1. The average molecular weight is 365 g/mol. The second-order valence-corrected chi connectivity index (χ2v) is 7.41. The van der Waals surface area contributed by atoms with Crippen LogP contribution in [0.2, 0.25) is 12.6 Å². The molecule has 1 saturated heterocycles. The van der Waals surface area contributed by atoms with Crippen LogP contribution in [0, 0.1) is 11.2 Å². The summed E-state index contributed by atoms with van der Waals surface area (Å²) in [6, 6.07) is 5.88. The lowest BCUT2D eigenvalue weighted by Gasteiger charge is -2.36. The van der Waals surface area contributed by atoms with Crippen molar-refractivity contribution >= 4 is 29.1 Å². The van der Waals surface area contributed by atoms with Crippen LogP contribution < -0.4 is 16.2 Å². The Morgan fingerprint density at radius 1 is 1.52 bits per heavy atom. The lowest BCUT2D eigenvalue weighted by Crippen LogP contribution is -2.43. The van der Waals surface area contributed by atoms with Gasteiger partial charge in [0.05, 0.1) is 17.6 Å². The summed E-state index contributed by atoms with van der Waals surface area (Å²) in [5, 5.41) is 14.8. The second kappa shape index (κ2) is 7.83. The van der Waals surface area contributed by atoms with Gasteiger partial charge in [0.2, 0.25) is 5.91 Å². The predicted octanol–water partition coefficient (Wildman–Crippen LogP) is 1.99. The van der Waals surface area contributed by atoms with E-state index in [0.29, 0.717) is 11.8 Å². The van der Waals surface area contributed by atoms with Crippen molar-refractivity contribution in [2.75, 3.05) is 11.4 Å². The molecule has 1 unspecified atom stereocenters. The fraction of sp³-hybridized carbons (Fsp3) is 0.474. The molecule has 27 heavy (non-hydrogen) atoms. The normalized spacial score (nSPS) is 18.3. The molecule has 1 amide bonds. The van der Waals surface area contributed by atoms with Crippen molar-refractivity contribution in [3.63, 3.8) is 0 Å². The van der Waals surface area contributed by atoms with Gasteiger partial charge in [0.25, 0.3) is 12.3 Å². The van der Waals surface area contributed by atoms with Gasteiger partial charge in [-0.2, -0.15) is 5.10 Å². The number of hydrogen-bond donors (Lipinski definition) is 1. The molecule has 2 aromatic rings. The van der Waals surface area contributed by atoms with E-state index < -0.39 is 0 Å². The summed E-state index contributed by atoms with van der Waals surface area (Å²) in [4.78, 5) is 26.0. The molecule has 2 heterocycles. The summed E-state index contributed by atoms with van der Waals surface area (Å²) >= 11 is 0. The molecular formula is C19H24BN5O2. The first kappa shape index (κ1) is 19.0. The molecular weight excluding hydrogens is 341 g/mol. The summed E-state index contributed by atoms with van der Waals surface area (Å²) in [5.74, 6) is 1.99.